The molecule has 1 rings (SSSR count). The highest BCUT2D eigenvalue weighted by atomic mass is 32.2. The van der Waals surface area contributed by atoms with Crippen LogP contribution in [-0.4, -0.2) is 31.6 Å². The predicted octanol–water partition coefficient (Wildman–Crippen LogP) is 3.51. The first-order valence-corrected chi connectivity index (χ1v) is 8.19. The van der Waals surface area contributed by atoms with Gasteiger partial charge in [-0.3, -0.25) is 0 Å². The van der Waals surface area contributed by atoms with E-state index in [1.165, 1.54) is 0 Å². The Morgan fingerprint density at radius 3 is 2.74 bits per heavy atom. The molecule has 1 atom stereocenters. The molecule has 4 heteroatoms. The van der Waals surface area contributed by atoms with Crippen molar-refractivity contribution in [3.05, 3.63) is 29.6 Å². The number of nitrogens with zero attached hydrogens (tertiary/aromatic N) is 1. The lowest BCUT2D eigenvalue weighted by Gasteiger charge is -2.27. The van der Waals surface area contributed by atoms with E-state index in [0.29, 0.717) is 12.6 Å². The number of nitrogens with one attached hydrogen (secondary N) is 1. The summed E-state index contributed by atoms with van der Waals surface area (Å²) in [5.41, 5.74) is 1.96. The number of benzene rings is 1. The predicted molar refractivity (Wildman–Crippen MR) is 84.6 cm³/mol. The van der Waals surface area contributed by atoms with Crippen molar-refractivity contribution in [2.75, 3.05) is 30.5 Å². The van der Waals surface area contributed by atoms with Crippen molar-refractivity contribution >= 4 is 17.4 Å². The molecule has 0 bridgehead atoms. The van der Waals surface area contributed by atoms with E-state index in [9.17, 15) is 4.39 Å². The van der Waals surface area contributed by atoms with Crippen LogP contribution in [-0.2, 0) is 6.54 Å². The third kappa shape index (κ3) is 5.41. The van der Waals surface area contributed by atoms with Crippen molar-refractivity contribution in [1.82, 2.24) is 5.32 Å². The molecular weight excluding hydrogens is 259 g/mol. The zero-order valence-electron chi connectivity index (χ0n) is 12.4. The standard InChI is InChI=1S/C15H25FN2S/c1-5-17-11-13-8-14(16)10-15(9-13)18(3)12(2)6-7-19-4/h8-10,12,17H,5-7,11H2,1-4H3. The van der Waals surface area contributed by atoms with Crippen molar-refractivity contribution in [2.45, 2.75) is 32.9 Å². The van der Waals surface area contributed by atoms with Crippen LogP contribution in [0.15, 0.2) is 18.2 Å². The van der Waals surface area contributed by atoms with E-state index in [-0.39, 0.29) is 5.82 Å². The maximum absolute atomic E-state index is 13.7. The van der Waals surface area contributed by atoms with Crippen molar-refractivity contribution in [3.8, 4) is 0 Å². The van der Waals surface area contributed by atoms with E-state index in [2.05, 4.69) is 36.4 Å². The Kier molecular flexibility index (Phi) is 7.24. The van der Waals surface area contributed by atoms with Crippen molar-refractivity contribution in [2.24, 2.45) is 0 Å². The quantitative estimate of drug-likeness (QED) is 0.786. The van der Waals surface area contributed by atoms with Crippen LogP contribution < -0.4 is 10.2 Å². The van der Waals surface area contributed by atoms with Gasteiger partial charge in [0.15, 0.2) is 0 Å². The average Bonchev–Trinajstić information content (AvgIpc) is 2.41. The van der Waals surface area contributed by atoms with Gasteiger partial charge in [-0.2, -0.15) is 11.8 Å². The molecule has 1 aromatic carbocycles. The number of rotatable bonds is 8. The summed E-state index contributed by atoms with van der Waals surface area (Å²) in [6.45, 7) is 5.85. The Bertz CT molecular complexity index is 384. The fourth-order valence-electron chi connectivity index (χ4n) is 1.94. The van der Waals surface area contributed by atoms with Gasteiger partial charge in [-0.1, -0.05) is 6.92 Å². The minimum absolute atomic E-state index is 0.158. The number of hydrogen-bond donors (Lipinski definition) is 1. The molecule has 1 N–H and O–H groups in total. The molecule has 0 saturated carbocycles. The molecule has 0 amide bonds. The highest BCUT2D eigenvalue weighted by molar-refractivity contribution is 7.98. The van der Waals surface area contributed by atoms with E-state index in [1.54, 1.807) is 12.1 Å². The second kappa shape index (κ2) is 8.43. The summed E-state index contributed by atoms with van der Waals surface area (Å²) in [5, 5.41) is 3.23. The first kappa shape index (κ1) is 16.3. The van der Waals surface area contributed by atoms with Crippen LogP contribution in [0.5, 0.6) is 0 Å². The topological polar surface area (TPSA) is 15.3 Å². The minimum Gasteiger partial charge on any atom is -0.372 e. The average molecular weight is 284 g/mol. The van der Waals surface area contributed by atoms with E-state index in [0.717, 1.165) is 30.0 Å². The van der Waals surface area contributed by atoms with Gasteiger partial charge in [-0.15, -0.1) is 0 Å². The highest BCUT2D eigenvalue weighted by Gasteiger charge is 2.11. The summed E-state index contributed by atoms with van der Waals surface area (Å²) in [7, 11) is 2.04. The van der Waals surface area contributed by atoms with Crippen molar-refractivity contribution in [1.29, 1.82) is 0 Å². The van der Waals surface area contributed by atoms with Crippen LogP contribution in [0.1, 0.15) is 25.8 Å². The fraction of sp³-hybridized carbons (Fsp3) is 0.600. The normalized spacial score (nSPS) is 12.5. The molecule has 108 valence electrons. The summed E-state index contributed by atoms with van der Waals surface area (Å²) >= 11 is 1.85. The van der Waals surface area contributed by atoms with Crippen LogP contribution in [0.2, 0.25) is 0 Å². The minimum atomic E-state index is -0.158. The molecule has 1 unspecified atom stereocenters. The maximum atomic E-state index is 13.7. The van der Waals surface area contributed by atoms with Crippen LogP contribution in [0.25, 0.3) is 0 Å². The molecule has 0 aliphatic heterocycles. The summed E-state index contributed by atoms with van der Waals surface area (Å²) in [6, 6.07) is 5.71. The van der Waals surface area contributed by atoms with Crippen LogP contribution in [0, 0.1) is 5.82 Å². The molecule has 0 aliphatic rings. The van der Waals surface area contributed by atoms with Crippen LogP contribution in [0.4, 0.5) is 10.1 Å². The van der Waals surface area contributed by atoms with Gasteiger partial charge in [-0.05, 0) is 55.7 Å². The number of hydrogen-bond acceptors (Lipinski definition) is 3. The van der Waals surface area contributed by atoms with Gasteiger partial charge in [0.1, 0.15) is 5.82 Å². The van der Waals surface area contributed by atoms with Gasteiger partial charge in [0.25, 0.3) is 0 Å². The van der Waals surface area contributed by atoms with Gasteiger partial charge in [0.2, 0.25) is 0 Å². The van der Waals surface area contributed by atoms with Gasteiger partial charge in [-0.25, -0.2) is 4.39 Å². The second-order valence-corrected chi connectivity index (χ2v) is 5.83. The summed E-state index contributed by atoms with van der Waals surface area (Å²) in [4.78, 5) is 2.16. The molecule has 2 nitrogen and oxygen atoms in total. The lowest BCUT2D eigenvalue weighted by atomic mass is 10.1. The van der Waals surface area contributed by atoms with E-state index >= 15 is 0 Å². The number of anilines is 1. The number of thioether (sulfide) groups is 1. The molecule has 0 radical (unpaired) electrons. The third-order valence-corrected chi connectivity index (χ3v) is 3.97. The molecular formula is C15H25FN2S. The lowest BCUT2D eigenvalue weighted by Crippen LogP contribution is -2.29. The van der Waals surface area contributed by atoms with Gasteiger partial charge >= 0.3 is 0 Å². The monoisotopic (exact) mass is 284 g/mol. The first-order valence-electron chi connectivity index (χ1n) is 6.80. The summed E-state index contributed by atoms with van der Waals surface area (Å²) in [5.74, 6) is 0.972. The maximum Gasteiger partial charge on any atom is 0.125 e. The van der Waals surface area contributed by atoms with Gasteiger partial charge in [0, 0.05) is 25.3 Å². The Labute approximate surface area is 120 Å². The molecule has 0 heterocycles. The molecule has 0 aliphatic carbocycles. The smallest absolute Gasteiger partial charge is 0.125 e. The summed E-state index contributed by atoms with van der Waals surface area (Å²) < 4.78 is 13.7. The fourth-order valence-corrected chi connectivity index (χ4v) is 2.52. The largest absolute Gasteiger partial charge is 0.372 e. The number of halogens is 1. The van der Waals surface area contributed by atoms with Gasteiger partial charge < -0.3 is 10.2 Å². The van der Waals surface area contributed by atoms with Crippen LogP contribution >= 0.6 is 11.8 Å². The second-order valence-electron chi connectivity index (χ2n) is 4.84. The van der Waals surface area contributed by atoms with Crippen molar-refractivity contribution < 1.29 is 4.39 Å². The Balaban J connectivity index is 2.77. The molecule has 0 aromatic heterocycles. The highest BCUT2D eigenvalue weighted by Crippen LogP contribution is 2.21. The van der Waals surface area contributed by atoms with Gasteiger partial charge in [0.05, 0.1) is 0 Å². The lowest BCUT2D eigenvalue weighted by molar-refractivity contribution is 0.616. The Morgan fingerprint density at radius 2 is 2.11 bits per heavy atom. The molecule has 0 fully saturated rings. The zero-order chi connectivity index (χ0) is 14.3. The van der Waals surface area contributed by atoms with E-state index in [1.807, 2.05) is 18.8 Å². The Morgan fingerprint density at radius 1 is 1.37 bits per heavy atom. The Hall–Kier alpha value is -0.740. The molecule has 19 heavy (non-hydrogen) atoms. The van der Waals surface area contributed by atoms with E-state index in [4.69, 9.17) is 0 Å². The van der Waals surface area contributed by atoms with Crippen molar-refractivity contribution in [3.63, 3.8) is 0 Å². The molecule has 0 spiro atoms. The summed E-state index contributed by atoms with van der Waals surface area (Å²) in [6.07, 6.45) is 3.22. The first-order chi connectivity index (χ1) is 9.08. The zero-order valence-corrected chi connectivity index (χ0v) is 13.2. The third-order valence-electron chi connectivity index (χ3n) is 3.33. The molecule has 1 aromatic rings. The SMILES string of the molecule is CCNCc1cc(F)cc(N(C)C(C)CCSC)c1. The van der Waals surface area contributed by atoms with Crippen LogP contribution in [0.3, 0.4) is 0 Å². The molecule has 0 saturated heterocycles. The van der Waals surface area contributed by atoms with E-state index < -0.39 is 0 Å².